The van der Waals surface area contributed by atoms with Gasteiger partial charge < -0.3 is 14.8 Å². The Bertz CT molecular complexity index is 582. The fraction of sp³-hybridized carbons (Fsp3) is 0.625. The van der Waals surface area contributed by atoms with Crippen LogP contribution in [0.2, 0.25) is 0 Å². The minimum Gasteiger partial charge on any atom is -0.460 e. The minimum absolute atomic E-state index is 0.327. The van der Waals surface area contributed by atoms with Crippen molar-refractivity contribution in [2.24, 2.45) is 0 Å². The third-order valence-corrected chi connectivity index (χ3v) is 2.52. The van der Waals surface area contributed by atoms with Gasteiger partial charge in [0.15, 0.2) is 0 Å². The van der Waals surface area contributed by atoms with E-state index in [-0.39, 0.29) is 6.42 Å². The Hall–Kier alpha value is -2.38. The molecule has 1 amide bonds. The largest absolute Gasteiger partial charge is 0.460 e. The highest BCUT2D eigenvalue weighted by Crippen LogP contribution is 2.13. The summed E-state index contributed by atoms with van der Waals surface area (Å²) >= 11 is 0. The van der Waals surface area contributed by atoms with E-state index < -0.39 is 35.2 Å². The maximum atomic E-state index is 12.3. The van der Waals surface area contributed by atoms with Crippen LogP contribution in [0.4, 0.5) is 4.79 Å². The van der Waals surface area contributed by atoms with Crippen LogP contribution in [0.3, 0.4) is 0 Å². The molecule has 0 radical (unpaired) electrons. The second-order valence-electron chi connectivity index (χ2n) is 7.30. The van der Waals surface area contributed by atoms with Gasteiger partial charge in [-0.25, -0.2) is 14.6 Å². The lowest BCUT2D eigenvalue weighted by atomic mass is 10.1. The van der Waals surface area contributed by atoms with Crippen molar-refractivity contribution in [2.45, 2.75) is 65.2 Å². The lowest BCUT2D eigenvalue weighted by Crippen LogP contribution is -2.47. The highest BCUT2D eigenvalue weighted by Gasteiger charge is 2.31. The van der Waals surface area contributed by atoms with Crippen LogP contribution in [0, 0.1) is 0 Å². The molecule has 0 saturated carbocycles. The number of hydrogen-bond donors (Lipinski definition) is 1. The summed E-state index contributed by atoms with van der Waals surface area (Å²) in [5.74, 6) is -1.31. The average Bonchev–Trinajstić information content (AvgIpc) is 2.87. The molecule has 0 unspecified atom stereocenters. The van der Waals surface area contributed by atoms with Crippen molar-refractivity contribution in [2.75, 3.05) is 0 Å². The van der Waals surface area contributed by atoms with E-state index in [1.165, 1.54) is 18.7 Å². The van der Waals surface area contributed by atoms with E-state index in [0.29, 0.717) is 0 Å². The van der Waals surface area contributed by atoms with Gasteiger partial charge in [-0.05, 0) is 41.5 Å². The zero-order chi connectivity index (χ0) is 18.5. The summed E-state index contributed by atoms with van der Waals surface area (Å²) in [7, 11) is 0. The number of amides is 1. The first-order valence-electron chi connectivity index (χ1n) is 7.61. The number of aromatic nitrogens is 2. The molecule has 1 heterocycles. The first-order chi connectivity index (χ1) is 10.9. The van der Waals surface area contributed by atoms with Crippen LogP contribution in [0.15, 0.2) is 18.7 Å². The molecule has 8 heteroatoms. The van der Waals surface area contributed by atoms with Gasteiger partial charge in [0.2, 0.25) is 0 Å². The highest BCUT2D eigenvalue weighted by molar-refractivity contribution is 5.88. The molecule has 0 aromatic carbocycles. The van der Waals surface area contributed by atoms with E-state index in [4.69, 9.17) is 9.47 Å². The lowest BCUT2D eigenvalue weighted by molar-refractivity contribution is -0.164. The standard InChI is InChI=1S/C16H25N3O5/c1-15(2,3)23-12(20)9-11(13(21)24-16(4,5)6)18-14(22)19-8-7-17-10-19/h7-8,10-11H,9H2,1-6H3,(H,18,22)/t11-/m0/s1. The molecule has 0 saturated heterocycles. The van der Waals surface area contributed by atoms with Gasteiger partial charge in [0.05, 0.1) is 6.42 Å². The Morgan fingerprint density at radius 1 is 1.08 bits per heavy atom. The Kier molecular flexibility index (Phi) is 6.11. The number of carbonyl (C=O) groups excluding carboxylic acids is 3. The molecule has 8 nitrogen and oxygen atoms in total. The van der Waals surface area contributed by atoms with Crippen molar-refractivity contribution in [1.82, 2.24) is 14.9 Å². The number of ether oxygens (including phenoxy) is 2. The zero-order valence-electron chi connectivity index (χ0n) is 15.0. The summed E-state index contributed by atoms with van der Waals surface area (Å²) in [6.45, 7) is 10.3. The third kappa shape index (κ3) is 7.26. The van der Waals surface area contributed by atoms with Gasteiger partial charge in [0, 0.05) is 12.4 Å². The number of nitrogens with one attached hydrogen (secondary N) is 1. The number of imidazole rings is 1. The average molecular weight is 339 g/mol. The first kappa shape index (κ1) is 19.7. The molecule has 0 bridgehead atoms. The molecule has 0 aliphatic heterocycles. The molecule has 1 rings (SSSR count). The molecule has 0 spiro atoms. The number of rotatable bonds is 4. The first-order valence-corrected chi connectivity index (χ1v) is 7.61. The van der Waals surface area contributed by atoms with Crippen molar-refractivity contribution >= 4 is 18.0 Å². The number of esters is 2. The topological polar surface area (TPSA) is 99.5 Å². The molecule has 0 aliphatic carbocycles. The zero-order valence-corrected chi connectivity index (χ0v) is 15.0. The number of nitrogens with zero attached hydrogens (tertiary/aromatic N) is 2. The van der Waals surface area contributed by atoms with Gasteiger partial charge in [-0.1, -0.05) is 0 Å². The second-order valence-corrected chi connectivity index (χ2v) is 7.30. The quantitative estimate of drug-likeness (QED) is 0.841. The molecule has 1 aromatic heterocycles. The van der Waals surface area contributed by atoms with Crippen LogP contribution in [0.25, 0.3) is 0 Å². The predicted octanol–water partition coefficient (Wildman–Crippen LogP) is 1.88. The maximum Gasteiger partial charge on any atom is 0.329 e. The van der Waals surface area contributed by atoms with Gasteiger partial charge >= 0.3 is 18.0 Å². The van der Waals surface area contributed by atoms with Crippen LogP contribution in [0.1, 0.15) is 48.0 Å². The third-order valence-electron chi connectivity index (χ3n) is 2.52. The number of carbonyl (C=O) groups is 3. The Morgan fingerprint density at radius 2 is 1.67 bits per heavy atom. The second kappa shape index (κ2) is 7.46. The summed E-state index contributed by atoms with van der Waals surface area (Å²) in [5, 5.41) is 2.47. The van der Waals surface area contributed by atoms with Crippen LogP contribution in [-0.4, -0.2) is 44.8 Å². The Balaban J connectivity index is 2.84. The van der Waals surface area contributed by atoms with Crippen LogP contribution < -0.4 is 5.32 Å². The maximum absolute atomic E-state index is 12.3. The van der Waals surface area contributed by atoms with E-state index in [9.17, 15) is 14.4 Å². The lowest BCUT2D eigenvalue weighted by Gasteiger charge is -2.25. The highest BCUT2D eigenvalue weighted by atomic mass is 16.6. The molecule has 0 aliphatic rings. The van der Waals surface area contributed by atoms with Gasteiger partial charge in [0.25, 0.3) is 0 Å². The van der Waals surface area contributed by atoms with Crippen LogP contribution in [-0.2, 0) is 19.1 Å². The van der Waals surface area contributed by atoms with Gasteiger partial charge in [-0.3, -0.25) is 9.36 Å². The Labute approximate surface area is 141 Å². The van der Waals surface area contributed by atoms with Gasteiger partial charge in [-0.15, -0.1) is 0 Å². The van der Waals surface area contributed by atoms with Crippen molar-refractivity contribution in [3.8, 4) is 0 Å². The fourth-order valence-electron chi connectivity index (χ4n) is 1.72. The van der Waals surface area contributed by atoms with Crippen molar-refractivity contribution in [1.29, 1.82) is 0 Å². The minimum atomic E-state index is -1.16. The van der Waals surface area contributed by atoms with Crippen LogP contribution >= 0.6 is 0 Å². The van der Waals surface area contributed by atoms with E-state index in [0.717, 1.165) is 4.57 Å². The fourth-order valence-corrected chi connectivity index (χ4v) is 1.72. The van der Waals surface area contributed by atoms with Gasteiger partial charge in [0.1, 0.15) is 23.6 Å². The molecule has 1 aromatic rings. The summed E-state index contributed by atoms with van der Waals surface area (Å²) in [5.41, 5.74) is -1.44. The summed E-state index contributed by atoms with van der Waals surface area (Å²) < 4.78 is 11.6. The van der Waals surface area contributed by atoms with E-state index in [1.807, 2.05) is 0 Å². The van der Waals surface area contributed by atoms with Crippen molar-refractivity contribution in [3.63, 3.8) is 0 Å². The molecule has 134 valence electrons. The number of hydrogen-bond acceptors (Lipinski definition) is 6. The van der Waals surface area contributed by atoms with Crippen molar-refractivity contribution < 1.29 is 23.9 Å². The van der Waals surface area contributed by atoms with Crippen LogP contribution in [0.5, 0.6) is 0 Å². The molecule has 1 N–H and O–H groups in total. The van der Waals surface area contributed by atoms with E-state index >= 15 is 0 Å². The smallest absolute Gasteiger partial charge is 0.329 e. The van der Waals surface area contributed by atoms with Crippen molar-refractivity contribution in [3.05, 3.63) is 18.7 Å². The molecule has 24 heavy (non-hydrogen) atoms. The molecular formula is C16H25N3O5. The van der Waals surface area contributed by atoms with Gasteiger partial charge in [-0.2, -0.15) is 0 Å². The Morgan fingerprint density at radius 3 is 2.12 bits per heavy atom. The van der Waals surface area contributed by atoms with E-state index in [1.54, 1.807) is 41.5 Å². The summed E-state index contributed by atoms with van der Waals surface area (Å²) in [6.07, 6.45) is 3.81. The molecule has 0 fully saturated rings. The monoisotopic (exact) mass is 339 g/mol. The molecule has 1 atom stereocenters. The normalized spacial score (nSPS) is 13.1. The SMILES string of the molecule is CC(C)(C)OC(=O)C[C@H](NC(=O)n1ccnc1)C(=O)OC(C)(C)C. The molecular weight excluding hydrogens is 314 g/mol. The predicted molar refractivity (Wildman–Crippen MR) is 86.3 cm³/mol. The van der Waals surface area contributed by atoms with E-state index in [2.05, 4.69) is 10.3 Å². The summed E-state index contributed by atoms with van der Waals surface area (Å²) in [4.78, 5) is 40.2. The summed E-state index contributed by atoms with van der Waals surface area (Å²) in [6, 6.07) is -1.75.